The minimum absolute atomic E-state index is 0.168. The first-order chi connectivity index (χ1) is 17.7. The molecule has 1 aromatic heterocycles. The van der Waals surface area contributed by atoms with Gasteiger partial charge in [0.1, 0.15) is 0 Å². The SMILES string of the molecule is N#Cc1ccccc1Cn1cc(/C=N/NC(=O)Cc2ccc(C(F)(F)F)cc2[N+](=O)[O-])c2ccccc21. The summed E-state index contributed by atoms with van der Waals surface area (Å²) in [5.74, 6) is -0.731. The Morgan fingerprint density at radius 1 is 1.11 bits per heavy atom. The Morgan fingerprint density at radius 3 is 2.57 bits per heavy atom. The maximum absolute atomic E-state index is 12.9. The van der Waals surface area contributed by atoms with E-state index in [2.05, 4.69) is 16.6 Å². The van der Waals surface area contributed by atoms with Crippen molar-refractivity contribution in [3.63, 3.8) is 0 Å². The molecule has 0 spiro atoms. The minimum Gasteiger partial charge on any atom is -0.342 e. The van der Waals surface area contributed by atoms with Gasteiger partial charge in [-0.15, -0.1) is 0 Å². The van der Waals surface area contributed by atoms with Crippen molar-refractivity contribution in [3.8, 4) is 6.07 Å². The number of nitro groups is 1. The third-order valence-electron chi connectivity index (χ3n) is 5.65. The molecule has 0 aliphatic carbocycles. The van der Waals surface area contributed by atoms with Crippen LogP contribution in [0.15, 0.2) is 78.0 Å². The molecule has 11 heteroatoms. The van der Waals surface area contributed by atoms with E-state index in [0.29, 0.717) is 29.8 Å². The van der Waals surface area contributed by atoms with Gasteiger partial charge in [0.05, 0.1) is 34.8 Å². The van der Waals surface area contributed by atoms with Gasteiger partial charge in [-0.25, -0.2) is 5.43 Å². The van der Waals surface area contributed by atoms with Crippen LogP contribution in [0.4, 0.5) is 18.9 Å². The fourth-order valence-electron chi connectivity index (χ4n) is 3.91. The number of rotatable bonds is 7. The van der Waals surface area contributed by atoms with E-state index in [1.807, 2.05) is 47.2 Å². The number of halogens is 3. The number of hydrogen-bond acceptors (Lipinski definition) is 5. The molecule has 3 aromatic carbocycles. The highest BCUT2D eigenvalue weighted by molar-refractivity contribution is 5.99. The average molecular weight is 505 g/mol. The zero-order chi connectivity index (χ0) is 26.6. The predicted octanol–water partition coefficient (Wildman–Crippen LogP) is 5.18. The number of fused-ring (bicyclic) bond motifs is 1. The van der Waals surface area contributed by atoms with Crippen LogP contribution in [0, 0.1) is 21.4 Å². The molecule has 186 valence electrons. The van der Waals surface area contributed by atoms with Crippen molar-refractivity contribution in [3.05, 3.63) is 111 Å². The van der Waals surface area contributed by atoms with E-state index in [-0.39, 0.29) is 5.56 Å². The average Bonchev–Trinajstić information content (AvgIpc) is 3.21. The lowest BCUT2D eigenvalue weighted by Crippen LogP contribution is -2.20. The first-order valence-corrected chi connectivity index (χ1v) is 10.9. The zero-order valence-electron chi connectivity index (χ0n) is 19.1. The number of para-hydroxylation sites is 1. The summed E-state index contributed by atoms with van der Waals surface area (Å²) in [6.07, 6.45) is -2.05. The van der Waals surface area contributed by atoms with Crippen LogP contribution in [-0.4, -0.2) is 21.6 Å². The van der Waals surface area contributed by atoms with Gasteiger partial charge in [-0.2, -0.15) is 23.5 Å². The van der Waals surface area contributed by atoms with Gasteiger partial charge in [0.15, 0.2) is 0 Å². The maximum Gasteiger partial charge on any atom is 0.416 e. The van der Waals surface area contributed by atoms with Gasteiger partial charge in [-0.3, -0.25) is 14.9 Å². The van der Waals surface area contributed by atoms with Crippen molar-refractivity contribution in [2.45, 2.75) is 19.1 Å². The van der Waals surface area contributed by atoms with Crippen LogP contribution in [0.2, 0.25) is 0 Å². The molecule has 4 rings (SSSR count). The number of aromatic nitrogens is 1. The van der Waals surface area contributed by atoms with Gasteiger partial charge < -0.3 is 4.57 Å². The van der Waals surface area contributed by atoms with Crippen LogP contribution in [0.1, 0.15) is 27.8 Å². The predicted molar refractivity (Wildman–Crippen MR) is 130 cm³/mol. The van der Waals surface area contributed by atoms with Crippen LogP contribution in [-0.2, 0) is 23.9 Å². The van der Waals surface area contributed by atoms with E-state index < -0.39 is 34.7 Å². The monoisotopic (exact) mass is 505 g/mol. The molecule has 0 fully saturated rings. The van der Waals surface area contributed by atoms with E-state index >= 15 is 0 Å². The lowest BCUT2D eigenvalue weighted by molar-refractivity contribution is -0.385. The van der Waals surface area contributed by atoms with Gasteiger partial charge in [0.2, 0.25) is 5.91 Å². The van der Waals surface area contributed by atoms with Crippen molar-refractivity contribution >= 4 is 28.7 Å². The number of carbonyl (C=O) groups excluding carboxylic acids is 1. The van der Waals surface area contributed by atoms with E-state index in [0.717, 1.165) is 22.5 Å². The number of hydrogen-bond donors (Lipinski definition) is 1. The summed E-state index contributed by atoms with van der Waals surface area (Å²) in [6.45, 7) is 0.433. The molecule has 0 atom stereocenters. The summed E-state index contributed by atoms with van der Waals surface area (Å²) in [5.41, 5.74) is 3.07. The fourth-order valence-corrected chi connectivity index (χ4v) is 3.91. The molecule has 0 radical (unpaired) electrons. The zero-order valence-corrected chi connectivity index (χ0v) is 19.1. The van der Waals surface area contributed by atoms with Gasteiger partial charge in [-0.1, -0.05) is 42.5 Å². The topological polar surface area (TPSA) is 113 Å². The molecule has 0 bridgehead atoms. The summed E-state index contributed by atoms with van der Waals surface area (Å²) in [5, 5.41) is 25.4. The van der Waals surface area contributed by atoms with Gasteiger partial charge in [0, 0.05) is 40.8 Å². The fraction of sp³-hybridized carbons (Fsp3) is 0.115. The second kappa shape index (κ2) is 10.3. The van der Waals surface area contributed by atoms with Crippen molar-refractivity contribution in [2.75, 3.05) is 0 Å². The molecular weight excluding hydrogens is 487 g/mol. The summed E-state index contributed by atoms with van der Waals surface area (Å²) >= 11 is 0. The molecule has 37 heavy (non-hydrogen) atoms. The third-order valence-corrected chi connectivity index (χ3v) is 5.65. The Balaban J connectivity index is 1.52. The number of alkyl halides is 3. The number of hydrazone groups is 1. The molecule has 0 aliphatic rings. The molecule has 0 saturated heterocycles. The number of nitriles is 1. The van der Waals surface area contributed by atoms with Crippen molar-refractivity contribution in [1.29, 1.82) is 5.26 Å². The quantitative estimate of drug-likeness (QED) is 0.212. The number of carbonyl (C=O) groups is 1. The smallest absolute Gasteiger partial charge is 0.342 e. The van der Waals surface area contributed by atoms with Crippen LogP contribution >= 0.6 is 0 Å². The molecule has 1 heterocycles. The van der Waals surface area contributed by atoms with Crippen LogP contribution in [0.25, 0.3) is 10.9 Å². The number of nitrogens with one attached hydrogen (secondary N) is 1. The molecular formula is C26H18F3N5O3. The minimum atomic E-state index is -4.74. The van der Waals surface area contributed by atoms with Gasteiger partial charge in [-0.05, 0) is 23.8 Å². The lowest BCUT2D eigenvalue weighted by Gasteiger charge is -2.08. The summed E-state index contributed by atoms with van der Waals surface area (Å²) < 4.78 is 40.6. The Labute approximate surface area is 208 Å². The number of benzene rings is 3. The molecule has 1 amide bonds. The Hall–Kier alpha value is -4.98. The molecule has 0 aliphatic heterocycles. The molecule has 0 unspecified atom stereocenters. The highest BCUT2D eigenvalue weighted by Gasteiger charge is 2.33. The Kier molecular flexibility index (Phi) is 7.01. The largest absolute Gasteiger partial charge is 0.416 e. The highest BCUT2D eigenvalue weighted by atomic mass is 19.4. The maximum atomic E-state index is 12.9. The summed E-state index contributed by atoms with van der Waals surface area (Å²) in [7, 11) is 0. The molecule has 1 N–H and O–H groups in total. The van der Waals surface area contributed by atoms with Crippen molar-refractivity contribution < 1.29 is 22.9 Å². The second-order valence-corrected chi connectivity index (χ2v) is 8.07. The molecule has 4 aromatic rings. The van der Waals surface area contributed by atoms with Crippen molar-refractivity contribution in [2.24, 2.45) is 5.10 Å². The summed E-state index contributed by atoms with van der Waals surface area (Å²) in [4.78, 5) is 22.6. The third kappa shape index (κ3) is 5.65. The normalized spacial score (nSPS) is 11.5. The number of amides is 1. The van der Waals surface area contributed by atoms with Crippen molar-refractivity contribution in [1.82, 2.24) is 9.99 Å². The number of nitro benzene ring substituents is 1. The molecule has 8 nitrogen and oxygen atoms in total. The van der Waals surface area contributed by atoms with Crippen LogP contribution in [0.3, 0.4) is 0 Å². The summed E-state index contributed by atoms with van der Waals surface area (Å²) in [6, 6.07) is 18.9. The van der Waals surface area contributed by atoms with E-state index in [4.69, 9.17) is 0 Å². The highest BCUT2D eigenvalue weighted by Crippen LogP contribution is 2.33. The van der Waals surface area contributed by atoms with E-state index in [9.17, 15) is 33.3 Å². The van der Waals surface area contributed by atoms with Gasteiger partial charge >= 0.3 is 6.18 Å². The first-order valence-electron chi connectivity index (χ1n) is 10.9. The standard InChI is InChI=1S/C26H18F3N5O3/c27-26(28,29)21-10-9-17(24(12-21)34(36)37)11-25(35)32-31-14-20-16-33(23-8-4-3-7-22(20)23)15-19-6-2-1-5-18(19)13-30/h1-10,12,14,16H,11,15H2,(H,32,35)/b31-14+. The lowest BCUT2D eigenvalue weighted by atomic mass is 10.1. The van der Waals surface area contributed by atoms with Gasteiger partial charge in [0.25, 0.3) is 5.69 Å². The van der Waals surface area contributed by atoms with Crippen LogP contribution in [0.5, 0.6) is 0 Å². The molecule has 0 saturated carbocycles. The Morgan fingerprint density at radius 2 is 1.84 bits per heavy atom. The Bertz CT molecular complexity index is 1570. The first kappa shape index (κ1) is 25.1. The second-order valence-electron chi connectivity index (χ2n) is 8.07. The number of nitrogens with zero attached hydrogens (tertiary/aromatic N) is 4. The van der Waals surface area contributed by atoms with E-state index in [1.165, 1.54) is 6.21 Å². The van der Waals surface area contributed by atoms with E-state index in [1.54, 1.807) is 12.1 Å². The van der Waals surface area contributed by atoms with Crippen LogP contribution < -0.4 is 5.43 Å².